The third-order valence-corrected chi connectivity index (χ3v) is 2.87. The quantitative estimate of drug-likeness (QED) is 0.808. The molecule has 0 saturated heterocycles. The molecule has 0 saturated carbocycles. The number of rotatable bonds is 3. The van der Waals surface area contributed by atoms with Crippen LogP contribution in [0.25, 0.3) is 0 Å². The van der Waals surface area contributed by atoms with E-state index in [2.05, 4.69) is 5.10 Å². The number of amides is 1. The van der Waals surface area contributed by atoms with Gasteiger partial charge in [-0.1, -0.05) is 0 Å². The van der Waals surface area contributed by atoms with E-state index >= 15 is 0 Å². The molecule has 0 spiro atoms. The average Bonchev–Trinajstić information content (AvgIpc) is 2.67. The first-order valence-corrected chi connectivity index (χ1v) is 5.71. The van der Waals surface area contributed by atoms with Gasteiger partial charge in [0.05, 0.1) is 13.2 Å². The van der Waals surface area contributed by atoms with Crippen LogP contribution in [-0.2, 0) is 6.54 Å². The van der Waals surface area contributed by atoms with Gasteiger partial charge in [-0.3, -0.25) is 4.79 Å². The molecular weight excluding hydrogens is 222 g/mol. The Morgan fingerprint density at radius 3 is 3.06 bits per heavy atom. The van der Waals surface area contributed by atoms with Crippen LogP contribution >= 0.6 is 0 Å². The third-order valence-electron chi connectivity index (χ3n) is 2.87. The standard InChI is InChI=1S/C11H17N3O3/c1-8-9(10(16)13(2)5-6-15)12-14-4-3-7-17-11(8)14/h15H,3-7H2,1-2H3. The van der Waals surface area contributed by atoms with Crippen LogP contribution in [0.1, 0.15) is 22.5 Å². The summed E-state index contributed by atoms with van der Waals surface area (Å²) < 4.78 is 7.24. The number of aliphatic hydroxyl groups is 1. The SMILES string of the molecule is Cc1c(C(=O)N(C)CCO)nn2c1OCCC2. The fourth-order valence-electron chi connectivity index (χ4n) is 1.89. The average molecular weight is 239 g/mol. The predicted molar refractivity (Wildman–Crippen MR) is 61.1 cm³/mol. The van der Waals surface area contributed by atoms with Crippen molar-refractivity contribution in [1.29, 1.82) is 0 Å². The zero-order chi connectivity index (χ0) is 12.4. The van der Waals surface area contributed by atoms with Crippen LogP contribution in [-0.4, -0.2) is 52.5 Å². The maximum absolute atomic E-state index is 12.1. The van der Waals surface area contributed by atoms with E-state index in [1.165, 1.54) is 4.90 Å². The zero-order valence-electron chi connectivity index (χ0n) is 10.1. The largest absolute Gasteiger partial charge is 0.478 e. The summed E-state index contributed by atoms with van der Waals surface area (Å²) in [6, 6.07) is 0. The van der Waals surface area contributed by atoms with E-state index in [0.29, 0.717) is 24.7 Å². The zero-order valence-corrected chi connectivity index (χ0v) is 10.1. The summed E-state index contributed by atoms with van der Waals surface area (Å²) >= 11 is 0. The first-order chi connectivity index (χ1) is 8.15. The van der Waals surface area contributed by atoms with E-state index in [1.54, 1.807) is 11.7 Å². The molecule has 0 bridgehead atoms. The smallest absolute Gasteiger partial charge is 0.274 e. The van der Waals surface area contributed by atoms with Gasteiger partial charge in [0.15, 0.2) is 5.69 Å². The number of nitrogens with zero attached hydrogens (tertiary/aromatic N) is 3. The lowest BCUT2D eigenvalue weighted by molar-refractivity contribution is 0.0759. The molecule has 1 aromatic heterocycles. The van der Waals surface area contributed by atoms with Gasteiger partial charge < -0.3 is 14.7 Å². The topological polar surface area (TPSA) is 67.6 Å². The van der Waals surface area contributed by atoms with Gasteiger partial charge in [-0.2, -0.15) is 5.10 Å². The van der Waals surface area contributed by atoms with E-state index in [4.69, 9.17) is 9.84 Å². The molecule has 1 amide bonds. The number of carbonyl (C=O) groups excluding carboxylic acids is 1. The molecule has 6 heteroatoms. The third kappa shape index (κ3) is 2.12. The molecule has 2 rings (SSSR count). The second-order valence-electron chi connectivity index (χ2n) is 4.15. The van der Waals surface area contributed by atoms with Crippen LogP contribution in [0.15, 0.2) is 0 Å². The number of carbonyl (C=O) groups is 1. The molecule has 0 radical (unpaired) electrons. The monoisotopic (exact) mass is 239 g/mol. The van der Waals surface area contributed by atoms with Crippen molar-refractivity contribution in [3.05, 3.63) is 11.3 Å². The highest BCUT2D eigenvalue weighted by atomic mass is 16.5. The first kappa shape index (κ1) is 11.9. The van der Waals surface area contributed by atoms with Crippen molar-refractivity contribution < 1.29 is 14.6 Å². The van der Waals surface area contributed by atoms with Gasteiger partial charge in [0, 0.05) is 32.1 Å². The van der Waals surface area contributed by atoms with Crippen molar-refractivity contribution in [3.63, 3.8) is 0 Å². The maximum atomic E-state index is 12.1. The molecule has 17 heavy (non-hydrogen) atoms. The summed E-state index contributed by atoms with van der Waals surface area (Å²) in [5.74, 6) is 0.513. The summed E-state index contributed by atoms with van der Waals surface area (Å²) in [7, 11) is 1.65. The molecule has 6 nitrogen and oxygen atoms in total. The minimum Gasteiger partial charge on any atom is -0.478 e. The van der Waals surface area contributed by atoms with Gasteiger partial charge in [0.25, 0.3) is 5.91 Å². The van der Waals surface area contributed by atoms with Crippen LogP contribution in [0.4, 0.5) is 0 Å². The van der Waals surface area contributed by atoms with Crippen LogP contribution in [0.3, 0.4) is 0 Å². The van der Waals surface area contributed by atoms with Crippen LogP contribution in [0.5, 0.6) is 5.88 Å². The fraction of sp³-hybridized carbons (Fsp3) is 0.636. The summed E-state index contributed by atoms with van der Waals surface area (Å²) in [4.78, 5) is 13.5. The molecule has 2 heterocycles. The van der Waals surface area contributed by atoms with Crippen LogP contribution < -0.4 is 4.74 Å². The van der Waals surface area contributed by atoms with Crippen molar-refractivity contribution in [3.8, 4) is 5.88 Å². The predicted octanol–water partition coefficient (Wildman–Crippen LogP) is 0.0383. The van der Waals surface area contributed by atoms with Gasteiger partial charge in [0.2, 0.25) is 5.88 Å². The Morgan fingerprint density at radius 1 is 1.65 bits per heavy atom. The summed E-state index contributed by atoms with van der Waals surface area (Å²) in [5.41, 5.74) is 1.19. The fourth-order valence-corrected chi connectivity index (χ4v) is 1.89. The number of aliphatic hydroxyl groups excluding tert-OH is 1. The number of aromatic nitrogens is 2. The summed E-state index contributed by atoms with van der Waals surface area (Å²) in [5, 5.41) is 13.1. The summed E-state index contributed by atoms with van der Waals surface area (Å²) in [6.45, 7) is 3.55. The molecule has 0 fully saturated rings. The molecular formula is C11H17N3O3. The molecule has 1 N–H and O–H groups in total. The first-order valence-electron chi connectivity index (χ1n) is 5.71. The van der Waals surface area contributed by atoms with E-state index in [1.807, 2.05) is 6.92 Å². The highest BCUT2D eigenvalue weighted by molar-refractivity contribution is 5.94. The van der Waals surface area contributed by atoms with Crippen molar-refractivity contribution >= 4 is 5.91 Å². The maximum Gasteiger partial charge on any atom is 0.274 e. The van der Waals surface area contributed by atoms with Crippen molar-refractivity contribution in [2.24, 2.45) is 0 Å². The van der Waals surface area contributed by atoms with E-state index < -0.39 is 0 Å². The van der Waals surface area contributed by atoms with Gasteiger partial charge in [0.1, 0.15) is 0 Å². The van der Waals surface area contributed by atoms with Crippen LogP contribution in [0.2, 0.25) is 0 Å². The Hall–Kier alpha value is -1.56. The normalized spacial score (nSPS) is 14.1. The van der Waals surface area contributed by atoms with E-state index in [0.717, 1.165) is 18.5 Å². The van der Waals surface area contributed by atoms with Crippen molar-refractivity contribution in [2.75, 3.05) is 26.8 Å². The molecule has 0 unspecified atom stereocenters. The Morgan fingerprint density at radius 2 is 2.41 bits per heavy atom. The number of hydrogen-bond acceptors (Lipinski definition) is 4. The lowest BCUT2D eigenvalue weighted by atomic mass is 10.2. The van der Waals surface area contributed by atoms with Crippen molar-refractivity contribution in [1.82, 2.24) is 14.7 Å². The molecule has 0 aliphatic carbocycles. The Kier molecular flexibility index (Phi) is 3.33. The number of aryl methyl sites for hydroxylation is 1. The number of fused-ring (bicyclic) bond motifs is 1. The van der Waals surface area contributed by atoms with E-state index in [-0.39, 0.29) is 12.5 Å². The van der Waals surface area contributed by atoms with Crippen LogP contribution in [0, 0.1) is 6.92 Å². The van der Waals surface area contributed by atoms with Gasteiger partial charge in [-0.15, -0.1) is 0 Å². The number of ether oxygens (including phenoxy) is 1. The second-order valence-corrected chi connectivity index (χ2v) is 4.15. The molecule has 1 aromatic rings. The lowest BCUT2D eigenvalue weighted by Crippen LogP contribution is -2.30. The lowest BCUT2D eigenvalue weighted by Gasteiger charge is -2.14. The highest BCUT2D eigenvalue weighted by Crippen LogP contribution is 2.25. The minimum atomic E-state index is -0.179. The molecule has 1 aliphatic heterocycles. The van der Waals surface area contributed by atoms with Gasteiger partial charge in [-0.05, 0) is 6.92 Å². The second kappa shape index (κ2) is 4.75. The molecule has 1 aliphatic rings. The Balaban J connectivity index is 2.27. The number of hydrogen-bond donors (Lipinski definition) is 1. The molecule has 0 aromatic carbocycles. The highest BCUT2D eigenvalue weighted by Gasteiger charge is 2.24. The van der Waals surface area contributed by atoms with Crippen molar-refractivity contribution in [2.45, 2.75) is 19.9 Å². The van der Waals surface area contributed by atoms with E-state index in [9.17, 15) is 4.79 Å². The van der Waals surface area contributed by atoms with Gasteiger partial charge in [-0.25, -0.2) is 4.68 Å². The minimum absolute atomic E-state index is 0.0502. The Bertz CT molecular complexity index is 428. The Labute approximate surface area is 99.8 Å². The van der Waals surface area contributed by atoms with Gasteiger partial charge >= 0.3 is 0 Å². The summed E-state index contributed by atoms with van der Waals surface area (Å²) in [6.07, 6.45) is 0.911. The molecule has 94 valence electrons. The molecule has 0 atom stereocenters. The number of likely N-dealkylation sites (N-methyl/N-ethyl adjacent to an activating group) is 1.